The second kappa shape index (κ2) is 7.02. The second-order valence-corrected chi connectivity index (χ2v) is 5.50. The Bertz CT molecular complexity index is 514. The second-order valence-electron chi connectivity index (χ2n) is 5.50. The number of anilines is 1. The zero-order valence-corrected chi connectivity index (χ0v) is 12.4. The van der Waals surface area contributed by atoms with Gasteiger partial charge in [0, 0.05) is 13.1 Å². The minimum absolute atomic E-state index is 0.138. The van der Waals surface area contributed by atoms with Gasteiger partial charge in [-0.15, -0.1) is 5.10 Å². The van der Waals surface area contributed by atoms with Crippen LogP contribution in [-0.2, 0) is 4.79 Å². The smallest absolute Gasteiger partial charge is 0.240 e. The summed E-state index contributed by atoms with van der Waals surface area (Å²) in [6.45, 7) is 2.91. The molecule has 1 heterocycles. The Morgan fingerprint density at radius 1 is 1.29 bits per heavy atom. The summed E-state index contributed by atoms with van der Waals surface area (Å²) in [7, 11) is 0. The summed E-state index contributed by atoms with van der Waals surface area (Å²) in [5.41, 5.74) is 0.0455. The average molecular weight is 287 g/mol. The zero-order valence-electron chi connectivity index (χ0n) is 12.4. The third kappa shape index (κ3) is 3.91. The molecule has 1 amide bonds. The van der Waals surface area contributed by atoms with Crippen molar-refractivity contribution in [3.8, 4) is 6.07 Å². The molecule has 1 aromatic heterocycles. The van der Waals surface area contributed by atoms with E-state index in [1.807, 2.05) is 19.1 Å². The van der Waals surface area contributed by atoms with Crippen LogP contribution in [0.1, 0.15) is 37.8 Å². The summed E-state index contributed by atoms with van der Waals surface area (Å²) in [6, 6.07) is 5.95. The summed E-state index contributed by atoms with van der Waals surface area (Å²) < 4.78 is 0. The molecular weight excluding hydrogens is 266 g/mol. The third-order valence-corrected chi connectivity index (χ3v) is 3.87. The highest BCUT2D eigenvalue weighted by molar-refractivity contribution is 5.85. The number of hydrogen-bond donors (Lipinski definition) is 2. The summed E-state index contributed by atoms with van der Waals surface area (Å²) in [5.74, 6) is 0.545. The van der Waals surface area contributed by atoms with Crippen LogP contribution in [0.4, 0.5) is 5.82 Å². The number of hydrogen-bond acceptors (Lipinski definition) is 5. The molecule has 0 aliphatic heterocycles. The molecule has 1 aliphatic carbocycles. The van der Waals surface area contributed by atoms with Crippen LogP contribution in [0.25, 0.3) is 0 Å². The third-order valence-electron chi connectivity index (χ3n) is 3.87. The zero-order chi connectivity index (χ0) is 15.1. The molecule has 1 aliphatic rings. The highest BCUT2D eigenvalue weighted by Crippen LogP contribution is 2.35. The van der Waals surface area contributed by atoms with Crippen molar-refractivity contribution < 1.29 is 4.79 Å². The fourth-order valence-electron chi connectivity index (χ4n) is 2.57. The van der Waals surface area contributed by atoms with Crippen LogP contribution in [0, 0.1) is 23.7 Å². The SMILES string of the molecule is Cc1ccc(NCCNC(=O)C2(C#N)CCCCC2)nn1. The van der Waals surface area contributed by atoms with Crippen LogP contribution in [0.3, 0.4) is 0 Å². The molecule has 2 N–H and O–H groups in total. The number of amides is 1. The molecule has 6 heteroatoms. The number of carbonyl (C=O) groups is 1. The summed E-state index contributed by atoms with van der Waals surface area (Å²) in [5, 5.41) is 23.2. The van der Waals surface area contributed by atoms with Crippen molar-refractivity contribution in [3.05, 3.63) is 17.8 Å². The van der Waals surface area contributed by atoms with E-state index in [1.54, 1.807) is 0 Å². The van der Waals surface area contributed by atoms with Crippen LogP contribution < -0.4 is 10.6 Å². The minimum Gasteiger partial charge on any atom is -0.367 e. The largest absolute Gasteiger partial charge is 0.367 e. The molecule has 0 saturated heterocycles. The maximum absolute atomic E-state index is 12.2. The predicted molar refractivity (Wildman–Crippen MR) is 79.4 cm³/mol. The van der Waals surface area contributed by atoms with Gasteiger partial charge in [-0.2, -0.15) is 10.4 Å². The van der Waals surface area contributed by atoms with Gasteiger partial charge in [0.05, 0.1) is 11.8 Å². The highest BCUT2D eigenvalue weighted by atomic mass is 16.2. The molecule has 1 aromatic rings. The number of nitrogens with one attached hydrogen (secondary N) is 2. The van der Waals surface area contributed by atoms with Crippen LogP contribution in [0.15, 0.2) is 12.1 Å². The number of nitrogens with zero attached hydrogens (tertiary/aromatic N) is 3. The Balaban J connectivity index is 1.76. The Labute approximate surface area is 125 Å². The van der Waals surface area contributed by atoms with Gasteiger partial charge in [0.15, 0.2) is 0 Å². The van der Waals surface area contributed by atoms with E-state index in [0.717, 1.165) is 25.0 Å². The van der Waals surface area contributed by atoms with Crippen LogP contribution >= 0.6 is 0 Å². The first-order chi connectivity index (χ1) is 10.2. The lowest BCUT2D eigenvalue weighted by molar-refractivity contribution is -0.129. The van der Waals surface area contributed by atoms with E-state index in [2.05, 4.69) is 26.9 Å². The predicted octanol–water partition coefficient (Wildman–Crippen LogP) is 1.79. The lowest BCUT2D eigenvalue weighted by Crippen LogP contribution is -2.43. The number of aryl methyl sites for hydroxylation is 1. The number of aromatic nitrogens is 2. The van der Waals surface area contributed by atoms with E-state index in [4.69, 9.17) is 0 Å². The molecule has 0 bridgehead atoms. The lowest BCUT2D eigenvalue weighted by Gasteiger charge is -2.29. The van der Waals surface area contributed by atoms with E-state index in [9.17, 15) is 10.1 Å². The summed E-state index contributed by atoms with van der Waals surface area (Å²) in [6.07, 6.45) is 4.37. The molecule has 0 unspecified atom stereocenters. The van der Waals surface area contributed by atoms with Crippen molar-refractivity contribution in [2.45, 2.75) is 39.0 Å². The summed E-state index contributed by atoms with van der Waals surface area (Å²) >= 11 is 0. The van der Waals surface area contributed by atoms with Crippen molar-refractivity contribution in [2.75, 3.05) is 18.4 Å². The molecule has 2 rings (SSSR count). The highest BCUT2D eigenvalue weighted by Gasteiger charge is 2.39. The fraction of sp³-hybridized carbons (Fsp3) is 0.600. The molecule has 0 radical (unpaired) electrons. The van der Waals surface area contributed by atoms with Gasteiger partial charge in [-0.25, -0.2) is 0 Å². The number of carbonyl (C=O) groups excluding carboxylic acids is 1. The standard InChI is InChI=1S/C15H21N5O/c1-12-5-6-13(20-19-12)17-9-10-18-14(21)15(11-16)7-3-2-4-8-15/h5-6H,2-4,7-10H2,1H3,(H,17,20)(H,18,21). The topological polar surface area (TPSA) is 90.7 Å². The van der Waals surface area contributed by atoms with Crippen molar-refractivity contribution >= 4 is 11.7 Å². The first-order valence-corrected chi connectivity index (χ1v) is 7.40. The lowest BCUT2D eigenvalue weighted by atomic mass is 9.74. The molecule has 112 valence electrons. The van der Waals surface area contributed by atoms with E-state index < -0.39 is 5.41 Å². The Morgan fingerprint density at radius 3 is 2.67 bits per heavy atom. The Kier molecular flexibility index (Phi) is 5.09. The average Bonchev–Trinajstić information content (AvgIpc) is 2.53. The number of nitriles is 1. The van der Waals surface area contributed by atoms with E-state index in [1.165, 1.54) is 0 Å². The summed E-state index contributed by atoms with van der Waals surface area (Å²) in [4.78, 5) is 12.2. The van der Waals surface area contributed by atoms with Crippen LogP contribution in [-0.4, -0.2) is 29.2 Å². The normalized spacial score (nSPS) is 16.8. The van der Waals surface area contributed by atoms with Gasteiger partial charge in [-0.1, -0.05) is 19.3 Å². The molecule has 6 nitrogen and oxygen atoms in total. The van der Waals surface area contributed by atoms with Gasteiger partial charge in [0.25, 0.3) is 0 Å². The maximum Gasteiger partial charge on any atom is 0.240 e. The fourth-order valence-corrected chi connectivity index (χ4v) is 2.57. The monoisotopic (exact) mass is 287 g/mol. The molecular formula is C15H21N5O. The minimum atomic E-state index is -0.818. The first-order valence-electron chi connectivity index (χ1n) is 7.40. The van der Waals surface area contributed by atoms with Gasteiger partial charge in [0.2, 0.25) is 5.91 Å². The van der Waals surface area contributed by atoms with Gasteiger partial charge in [0.1, 0.15) is 11.2 Å². The van der Waals surface area contributed by atoms with Gasteiger partial charge < -0.3 is 10.6 Å². The first kappa shape index (κ1) is 15.2. The van der Waals surface area contributed by atoms with Crippen molar-refractivity contribution in [1.29, 1.82) is 5.26 Å². The Morgan fingerprint density at radius 2 is 2.05 bits per heavy atom. The molecule has 21 heavy (non-hydrogen) atoms. The van der Waals surface area contributed by atoms with E-state index >= 15 is 0 Å². The van der Waals surface area contributed by atoms with Crippen molar-refractivity contribution in [2.24, 2.45) is 5.41 Å². The van der Waals surface area contributed by atoms with Crippen molar-refractivity contribution in [1.82, 2.24) is 15.5 Å². The Hall–Kier alpha value is -2.16. The van der Waals surface area contributed by atoms with Gasteiger partial charge in [-0.3, -0.25) is 4.79 Å². The maximum atomic E-state index is 12.2. The number of rotatable bonds is 5. The van der Waals surface area contributed by atoms with Crippen molar-refractivity contribution in [3.63, 3.8) is 0 Å². The van der Waals surface area contributed by atoms with Crippen LogP contribution in [0.5, 0.6) is 0 Å². The van der Waals surface area contributed by atoms with E-state index in [-0.39, 0.29) is 5.91 Å². The van der Waals surface area contributed by atoms with E-state index in [0.29, 0.717) is 31.7 Å². The molecule has 1 saturated carbocycles. The molecule has 0 atom stereocenters. The van der Waals surface area contributed by atoms with Gasteiger partial charge in [-0.05, 0) is 31.9 Å². The quantitative estimate of drug-likeness (QED) is 0.806. The van der Waals surface area contributed by atoms with Crippen LogP contribution in [0.2, 0.25) is 0 Å². The molecule has 0 spiro atoms. The van der Waals surface area contributed by atoms with Gasteiger partial charge >= 0.3 is 0 Å². The molecule has 0 aromatic carbocycles. The molecule has 1 fully saturated rings.